The minimum Gasteiger partial charge on any atom is -0.204 e. The molecule has 1 aliphatic rings. The third-order valence-electron chi connectivity index (χ3n) is 4.52. The summed E-state index contributed by atoms with van der Waals surface area (Å²) in [4.78, 5) is 0. The first-order chi connectivity index (χ1) is 14.0. The molecule has 0 radical (unpaired) electrons. The van der Waals surface area contributed by atoms with Crippen LogP contribution < -0.4 is 0 Å². The van der Waals surface area contributed by atoms with Gasteiger partial charge in [0, 0.05) is 16.6 Å². The molecule has 2 aromatic rings. The lowest BCUT2D eigenvalue weighted by Crippen LogP contribution is -2.13. The second-order valence-electron chi connectivity index (χ2n) is 6.48. The molecule has 136 valence electrons. The Balaban J connectivity index is 1.78. The van der Waals surface area contributed by atoms with Crippen LogP contribution in [0.2, 0.25) is 0 Å². The van der Waals surface area contributed by atoms with E-state index in [1.165, 1.54) is 0 Å². The molecule has 2 aromatic carbocycles. The molecule has 0 nitrogen and oxygen atoms in total. The minimum atomic E-state index is -1.59. The number of benzene rings is 2. The average molecular weight is 360 g/mol. The maximum Gasteiger partial charge on any atom is 0.194 e. The van der Waals surface area contributed by atoms with Crippen LogP contribution in [0.25, 0.3) is 0 Å². The van der Waals surface area contributed by atoms with Gasteiger partial charge in [0.2, 0.25) is 0 Å². The van der Waals surface area contributed by atoms with Gasteiger partial charge in [0.25, 0.3) is 0 Å². The van der Waals surface area contributed by atoms with Crippen molar-refractivity contribution in [3.8, 4) is 11.8 Å². The van der Waals surface area contributed by atoms with Crippen molar-refractivity contribution >= 4 is 0 Å². The summed E-state index contributed by atoms with van der Waals surface area (Å²) in [6.45, 7) is 1.94. The molecule has 0 heterocycles. The molecule has 0 spiro atoms. The van der Waals surface area contributed by atoms with Crippen molar-refractivity contribution in [3.05, 3.63) is 70.5 Å². The Hall–Kier alpha value is -2.21. The molecule has 0 N–H and O–H groups in total. The SMILES string of the molecule is [2H]C1([2H])CC(c2ccc(C#Cc3cc(F)c(F)c(F)c3)cc2)CC([2H])([2H])C1CCC. The van der Waals surface area contributed by atoms with E-state index in [4.69, 9.17) is 5.48 Å². The number of hydrogen-bond donors (Lipinski definition) is 0. The molecule has 3 rings (SSSR count). The van der Waals surface area contributed by atoms with Crippen molar-refractivity contribution in [2.45, 2.75) is 51.3 Å². The minimum absolute atomic E-state index is 0.0196. The van der Waals surface area contributed by atoms with Crippen LogP contribution in [0.15, 0.2) is 36.4 Å². The van der Waals surface area contributed by atoms with E-state index in [2.05, 4.69) is 11.8 Å². The molecular formula is C23H23F3. The van der Waals surface area contributed by atoms with E-state index in [1.807, 2.05) is 6.92 Å². The predicted octanol–water partition coefficient (Wildman–Crippen LogP) is 6.58. The van der Waals surface area contributed by atoms with E-state index >= 15 is 0 Å². The summed E-state index contributed by atoms with van der Waals surface area (Å²) < 4.78 is 73.2. The van der Waals surface area contributed by atoms with Gasteiger partial charge < -0.3 is 0 Å². The molecule has 3 heteroatoms. The molecule has 26 heavy (non-hydrogen) atoms. The summed E-state index contributed by atoms with van der Waals surface area (Å²) in [5, 5.41) is 0. The second-order valence-corrected chi connectivity index (χ2v) is 6.48. The largest absolute Gasteiger partial charge is 0.204 e. The van der Waals surface area contributed by atoms with Gasteiger partial charge in [-0.25, -0.2) is 13.2 Å². The topological polar surface area (TPSA) is 0 Å². The van der Waals surface area contributed by atoms with Gasteiger partial charge in [0.15, 0.2) is 17.5 Å². The van der Waals surface area contributed by atoms with Crippen LogP contribution in [0, 0.1) is 35.2 Å². The first-order valence-corrected chi connectivity index (χ1v) is 8.80. The Morgan fingerprint density at radius 1 is 0.962 bits per heavy atom. The quantitative estimate of drug-likeness (QED) is 0.428. The van der Waals surface area contributed by atoms with Crippen molar-refractivity contribution in [1.29, 1.82) is 0 Å². The first kappa shape index (κ1) is 13.9. The molecule has 0 aromatic heterocycles. The van der Waals surface area contributed by atoms with Crippen molar-refractivity contribution in [1.82, 2.24) is 0 Å². The van der Waals surface area contributed by atoms with Crippen LogP contribution in [0.5, 0.6) is 0 Å². The van der Waals surface area contributed by atoms with Gasteiger partial charge >= 0.3 is 0 Å². The third-order valence-corrected chi connectivity index (χ3v) is 4.52. The Morgan fingerprint density at radius 2 is 1.54 bits per heavy atom. The zero-order chi connectivity index (χ0) is 22.1. The van der Waals surface area contributed by atoms with Crippen molar-refractivity contribution < 1.29 is 18.7 Å². The average Bonchev–Trinajstić information content (AvgIpc) is 2.67. The summed E-state index contributed by atoms with van der Waals surface area (Å²) in [6, 6.07) is 8.65. The Labute approximate surface area is 159 Å². The van der Waals surface area contributed by atoms with Gasteiger partial charge in [-0.1, -0.05) is 43.7 Å². The molecular weight excluding hydrogens is 333 g/mol. The zero-order valence-electron chi connectivity index (χ0n) is 18.6. The van der Waals surface area contributed by atoms with Crippen LogP contribution in [0.4, 0.5) is 13.2 Å². The summed E-state index contributed by atoms with van der Waals surface area (Å²) in [5.41, 5.74) is 1.43. The fraction of sp³-hybridized carbons (Fsp3) is 0.391. The highest BCUT2D eigenvalue weighted by Crippen LogP contribution is 2.37. The van der Waals surface area contributed by atoms with Crippen molar-refractivity contribution in [2.24, 2.45) is 5.92 Å². The molecule has 0 amide bonds. The lowest BCUT2D eigenvalue weighted by Gasteiger charge is -2.28. The highest BCUT2D eigenvalue weighted by molar-refractivity contribution is 5.44. The lowest BCUT2D eigenvalue weighted by atomic mass is 9.77. The maximum atomic E-state index is 13.3. The van der Waals surface area contributed by atoms with E-state index in [0.29, 0.717) is 12.0 Å². The zero-order valence-corrected chi connectivity index (χ0v) is 14.6. The predicted molar refractivity (Wildman–Crippen MR) is 98.3 cm³/mol. The second kappa shape index (κ2) is 8.45. The van der Waals surface area contributed by atoms with Gasteiger partial charge in [0.05, 0.1) is 0 Å². The standard InChI is InChI=1S/C23H23F3/c1-2-3-16-6-10-19(11-7-16)20-12-8-17(9-13-20)4-5-18-14-21(24)23(26)22(25)15-18/h8-9,12-16,19H,2-3,6-7,10-11H2,1H3/i6D2,7D2. The molecule has 0 aliphatic heterocycles. The van der Waals surface area contributed by atoms with Gasteiger partial charge in [-0.3, -0.25) is 0 Å². The fourth-order valence-corrected chi connectivity index (χ4v) is 3.05. The summed E-state index contributed by atoms with van der Waals surface area (Å²) >= 11 is 0. The summed E-state index contributed by atoms with van der Waals surface area (Å²) in [5.74, 6) is 0.384. The molecule has 1 aliphatic carbocycles. The van der Waals surface area contributed by atoms with Crippen LogP contribution >= 0.6 is 0 Å². The van der Waals surface area contributed by atoms with Crippen molar-refractivity contribution in [2.75, 3.05) is 0 Å². The first-order valence-electron chi connectivity index (χ1n) is 10.8. The van der Waals surface area contributed by atoms with Crippen LogP contribution in [0.3, 0.4) is 0 Å². The number of hydrogen-bond acceptors (Lipinski definition) is 0. The highest BCUT2D eigenvalue weighted by atomic mass is 19.2. The molecule has 0 bridgehead atoms. The summed E-state index contributed by atoms with van der Waals surface area (Å²) in [6.07, 6.45) is -1.39. The van der Waals surface area contributed by atoms with E-state index in [1.54, 1.807) is 24.3 Å². The highest BCUT2D eigenvalue weighted by Gasteiger charge is 2.21. The Bertz CT molecular complexity index is 933. The van der Waals surface area contributed by atoms with Crippen LogP contribution in [0.1, 0.15) is 73.4 Å². The van der Waals surface area contributed by atoms with E-state index in [0.717, 1.165) is 24.1 Å². The van der Waals surface area contributed by atoms with Crippen LogP contribution in [-0.2, 0) is 0 Å². The summed E-state index contributed by atoms with van der Waals surface area (Å²) in [7, 11) is 0. The monoisotopic (exact) mass is 360 g/mol. The van der Waals surface area contributed by atoms with E-state index in [-0.39, 0.29) is 24.3 Å². The Morgan fingerprint density at radius 3 is 2.12 bits per heavy atom. The molecule has 0 saturated heterocycles. The molecule has 0 atom stereocenters. The van der Waals surface area contributed by atoms with Gasteiger partial charge in [-0.15, -0.1) is 0 Å². The van der Waals surface area contributed by atoms with E-state index < -0.39 is 36.1 Å². The van der Waals surface area contributed by atoms with Gasteiger partial charge in [-0.05, 0) is 67.3 Å². The molecule has 1 fully saturated rings. The molecule has 0 unspecified atom stereocenters. The van der Waals surface area contributed by atoms with Crippen molar-refractivity contribution in [3.63, 3.8) is 0 Å². The smallest absolute Gasteiger partial charge is 0.194 e. The normalized spacial score (nSPS) is 25.8. The molecule has 1 saturated carbocycles. The van der Waals surface area contributed by atoms with Crippen LogP contribution in [-0.4, -0.2) is 0 Å². The lowest BCUT2D eigenvalue weighted by molar-refractivity contribution is 0.308. The maximum absolute atomic E-state index is 13.3. The Kier molecular flexibility index (Phi) is 4.52. The van der Waals surface area contributed by atoms with Gasteiger partial charge in [0.1, 0.15) is 0 Å². The number of rotatable bonds is 3. The third kappa shape index (κ3) is 4.49. The number of halogens is 3. The fourth-order valence-electron chi connectivity index (χ4n) is 3.05. The van der Waals surface area contributed by atoms with E-state index in [9.17, 15) is 13.2 Å². The van der Waals surface area contributed by atoms with Gasteiger partial charge in [-0.2, -0.15) is 0 Å².